The van der Waals surface area contributed by atoms with Gasteiger partial charge in [0.2, 0.25) is 10.0 Å². The van der Waals surface area contributed by atoms with Gasteiger partial charge in [-0.25, -0.2) is 13.2 Å². The van der Waals surface area contributed by atoms with Gasteiger partial charge in [-0.1, -0.05) is 0 Å². The molecule has 1 unspecified atom stereocenters. The van der Waals surface area contributed by atoms with Crippen molar-refractivity contribution in [3.05, 3.63) is 46.8 Å². The number of ketones is 1. The molecule has 0 aliphatic heterocycles. The fraction of sp³-hybridized carbons (Fsp3) is 0.478. The van der Waals surface area contributed by atoms with Crippen LogP contribution in [0.25, 0.3) is 0 Å². The first-order valence-corrected chi connectivity index (χ1v) is 12.1. The van der Waals surface area contributed by atoms with Crippen molar-refractivity contribution < 1.29 is 32.2 Å². The molecule has 0 saturated heterocycles. The van der Waals surface area contributed by atoms with Crippen LogP contribution in [-0.2, 0) is 19.5 Å². The zero-order valence-corrected chi connectivity index (χ0v) is 20.7. The number of nitrogens with zero attached hydrogens (tertiary/aromatic N) is 1. The van der Waals surface area contributed by atoms with E-state index in [1.54, 1.807) is 39.8 Å². The molecular weight excluding hydrogens is 448 g/mol. The lowest BCUT2D eigenvalue weighted by Crippen LogP contribution is -2.44. The maximum absolute atomic E-state index is 13.5. The molecule has 1 atom stereocenters. The lowest BCUT2D eigenvalue weighted by atomic mass is 10.0. The number of rotatable bonds is 12. The minimum absolute atomic E-state index is 0.0510. The van der Waals surface area contributed by atoms with Crippen molar-refractivity contribution in [3.8, 4) is 5.75 Å². The van der Waals surface area contributed by atoms with Crippen LogP contribution in [-0.4, -0.2) is 69.5 Å². The van der Waals surface area contributed by atoms with Crippen molar-refractivity contribution in [2.45, 2.75) is 45.1 Å². The Hall–Kier alpha value is -2.69. The molecule has 0 radical (unpaired) electrons. The van der Waals surface area contributed by atoms with E-state index in [9.17, 15) is 18.0 Å². The van der Waals surface area contributed by atoms with Crippen LogP contribution in [0, 0.1) is 13.8 Å². The number of aromatic nitrogens is 1. The van der Waals surface area contributed by atoms with Gasteiger partial charge >= 0.3 is 5.97 Å². The first kappa shape index (κ1) is 26.6. The van der Waals surface area contributed by atoms with E-state index in [2.05, 4.69) is 4.98 Å². The van der Waals surface area contributed by atoms with Gasteiger partial charge in [0.15, 0.2) is 5.78 Å². The summed E-state index contributed by atoms with van der Waals surface area (Å²) in [5.74, 6) is -0.451. The lowest BCUT2D eigenvalue weighted by molar-refractivity contribution is 0.0519. The molecule has 0 amide bonds. The number of Topliss-reactive ketones (excluding diaryl/α,β-unsaturated/α-hetero) is 1. The van der Waals surface area contributed by atoms with Crippen LogP contribution in [0.3, 0.4) is 0 Å². The largest absolute Gasteiger partial charge is 0.497 e. The third-order valence-corrected chi connectivity index (χ3v) is 7.35. The molecule has 10 heteroatoms. The van der Waals surface area contributed by atoms with Crippen molar-refractivity contribution in [3.63, 3.8) is 0 Å². The van der Waals surface area contributed by atoms with Crippen LogP contribution < -0.4 is 4.74 Å². The van der Waals surface area contributed by atoms with E-state index in [1.165, 1.54) is 30.7 Å². The SMILES string of the molecule is CCOC(=O)c1[nH]c(C)c(C(=O)C(C)N(CCCOC)S(=O)(=O)c2ccc(OC)cc2)c1C. The van der Waals surface area contributed by atoms with Crippen LogP contribution in [0.5, 0.6) is 5.75 Å². The molecule has 0 aliphatic rings. The quantitative estimate of drug-likeness (QED) is 0.282. The predicted molar refractivity (Wildman–Crippen MR) is 123 cm³/mol. The van der Waals surface area contributed by atoms with Crippen LogP contribution in [0.2, 0.25) is 0 Å². The molecule has 0 bridgehead atoms. The molecule has 2 rings (SSSR count). The third-order valence-electron chi connectivity index (χ3n) is 5.37. The highest BCUT2D eigenvalue weighted by molar-refractivity contribution is 7.89. The van der Waals surface area contributed by atoms with Crippen LogP contribution >= 0.6 is 0 Å². The highest BCUT2D eigenvalue weighted by atomic mass is 32.2. The van der Waals surface area contributed by atoms with Gasteiger partial charge < -0.3 is 19.2 Å². The van der Waals surface area contributed by atoms with Crippen LogP contribution in [0.1, 0.15) is 52.4 Å². The number of benzene rings is 1. The number of sulfonamides is 1. The molecule has 1 heterocycles. The molecule has 2 aromatic rings. The summed E-state index contributed by atoms with van der Waals surface area (Å²) in [5, 5.41) is 0. The van der Waals surface area contributed by atoms with Crippen LogP contribution in [0.15, 0.2) is 29.2 Å². The van der Waals surface area contributed by atoms with Gasteiger partial charge in [0.05, 0.1) is 24.7 Å². The van der Waals surface area contributed by atoms with Gasteiger partial charge in [-0.15, -0.1) is 0 Å². The van der Waals surface area contributed by atoms with Gasteiger partial charge in [0, 0.05) is 31.5 Å². The van der Waals surface area contributed by atoms with E-state index in [0.717, 1.165) is 0 Å². The van der Waals surface area contributed by atoms with Crippen molar-refractivity contribution in [2.75, 3.05) is 34.0 Å². The second-order valence-electron chi connectivity index (χ2n) is 7.52. The number of carbonyl (C=O) groups excluding carboxylic acids is 2. The monoisotopic (exact) mass is 480 g/mol. The maximum Gasteiger partial charge on any atom is 0.355 e. The van der Waals surface area contributed by atoms with E-state index in [1.807, 2.05) is 0 Å². The van der Waals surface area contributed by atoms with Crippen LogP contribution in [0.4, 0.5) is 0 Å². The van der Waals surface area contributed by atoms with Gasteiger partial charge in [0.25, 0.3) is 0 Å². The normalized spacial score (nSPS) is 12.6. The Balaban J connectivity index is 2.45. The Bertz CT molecular complexity index is 1070. The smallest absolute Gasteiger partial charge is 0.355 e. The molecule has 182 valence electrons. The van der Waals surface area contributed by atoms with Gasteiger partial charge in [-0.3, -0.25) is 4.79 Å². The topological polar surface area (TPSA) is 115 Å². The van der Waals surface area contributed by atoms with Crippen molar-refractivity contribution in [2.24, 2.45) is 0 Å². The Morgan fingerprint density at radius 2 is 1.76 bits per heavy atom. The second-order valence-corrected chi connectivity index (χ2v) is 9.41. The second kappa shape index (κ2) is 11.4. The van der Waals surface area contributed by atoms with Crippen molar-refractivity contribution in [1.29, 1.82) is 0 Å². The molecule has 1 N–H and O–H groups in total. The first-order valence-electron chi connectivity index (χ1n) is 10.6. The van der Waals surface area contributed by atoms with Gasteiger partial charge in [0.1, 0.15) is 11.4 Å². The van der Waals surface area contributed by atoms with Crippen molar-refractivity contribution in [1.82, 2.24) is 9.29 Å². The molecular formula is C23H32N2O7S. The van der Waals surface area contributed by atoms with Crippen molar-refractivity contribution >= 4 is 21.8 Å². The minimum Gasteiger partial charge on any atom is -0.497 e. The molecule has 0 fully saturated rings. The average Bonchev–Trinajstić information content (AvgIpc) is 3.09. The summed E-state index contributed by atoms with van der Waals surface area (Å²) >= 11 is 0. The Morgan fingerprint density at radius 3 is 2.30 bits per heavy atom. The average molecular weight is 481 g/mol. The lowest BCUT2D eigenvalue weighted by Gasteiger charge is -2.28. The summed E-state index contributed by atoms with van der Waals surface area (Å²) in [6, 6.07) is 4.98. The summed E-state index contributed by atoms with van der Waals surface area (Å²) in [7, 11) is -0.981. The number of ether oxygens (including phenoxy) is 3. The molecule has 0 saturated carbocycles. The summed E-state index contributed by atoms with van der Waals surface area (Å²) in [6.45, 7) is 7.17. The number of methoxy groups -OCH3 is 2. The maximum atomic E-state index is 13.5. The van der Waals surface area contributed by atoms with E-state index in [0.29, 0.717) is 30.0 Å². The molecule has 33 heavy (non-hydrogen) atoms. The molecule has 0 aliphatic carbocycles. The summed E-state index contributed by atoms with van der Waals surface area (Å²) in [4.78, 5) is 28.7. The minimum atomic E-state index is -4.00. The number of esters is 1. The molecule has 0 spiro atoms. The summed E-state index contributed by atoms with van der Waals surface area (Å²) in [5.41, 5.74) is 1.38. The zero-order valence-electron chi connectivity index (χ0n) is 19.9. The summed E-state index contributed by atoms with van der Waals surface area (Å²) in [6.07, 6.45) is 0.405. The fourth-order valence-electron chi connectivity index (χ4n) is 3.64. The molecule has 1 aromatic heterocycles. The Morgan fingerprint density at radius 1 is 1.12 bits per heavy atom. The number of nitrogens with one attached hydrogen (secondary N) is 1. The first-order chi connectivity index (χ1) is 15.6. The number of aromatic amines is 1. The fourth-order valence-corrected chi connectivity index (χ4v) is 5.27. The molecule has 9 nitrogen and oxygen atoms in total. The number of H-pyrrole nitrogens is 1. The van der Waals surface area contributed by atoms with E-state index < -0.39 is 27.8 Å². The van der Waals surface area contributed by atoms with Gasteiger partial charge in [-0.05, 0) is 63.9 Å². The molecule has 1 aromatic carbocycles. The Labute approximate surface area is 195 Å². The van der Waals surface area contributed by atoms with Gasteiger partial charge in [-0.2, -0.15) is 4.31 Å². The van der Waals surface area contributed by atoms with E-state index in [4.69, 9.17) is 14.2 Å². The highest BCUT2D eigenvalue weighted by Crippen LogP contribution is 2.26. The summed E-state index contributed by atoms with van der Waals surface area (Å²) < 4.78 is 43.4. The zero-order chi connectivity index (χ0) is 24.8. The number of hydrogen-bond donors (Lipinski definition) is 1. The number of aryl methyl sites for hydroxylation is 1. The standard InChI is InChI=1S/C23H32N2O7S/c1-7-32-23(27)21-15(2)20(16(3)24-21)22(26)17(4)25(13-8-14-30-5)33(28,29)19-11-9-18(31-6)10-12-19/h9-12,17,24H,7-8,13-14H2,1-6H3. The highest BCUT2D eigenvalue weighted by Gasteiger charge is 2.35. The van der Waals surface area contributed by atoms with E-state index >= 15 is 0 Å². The number of hydrogen-bond acceptors (Lipinski definition) is 7. The number of carbonyl (C=O) groups is 2. The van der Waals surface area contributed by atoms with E-state index in [-0.39, 0.29) is 29.3 Å². The predicted octanol–water partition coefficient (Wildman–Crippen LogP) is 3.12. The third kappa shape index (κ3) is 5.82. The Kier molecular flexibility index (Phi) is 9.21.